The second-order valence-electron chi connectivity index (χ2n) is 3.08. The van der Waals surface area contributed by atoms with E-state index in [1.165, 1.54) is 0 Å². The van der Waals surface area contributed by atoms with E-state index in [2.05, 4.69) is 26.2 Å². The van der Waals surface area contributed by atoms with Crippen LogP contribution in [-0.4, -0.2) is 30.1 Å². The van der Waals surface area contributed by atoms with Crippen molar-refractivity contribution in [3.8, 4) is 0 Å². The molecule has 0 aliphatic carbocycles. The van der Waals surface area contributed by atoms with Gasteiger partial charge < -0.3 is 10.1 Å². The summed E-state index contributed by atoms with van der Waals surface area (Å²) in [6.45, 7) is 1.21. The van der Waals surface area contributed by atoms with Gasteiger partial charge >= 0.3 is 0 Å². The van der Waals surface area contributed by atoms with Crippen LogP contribution < -0.4 is 5.32 Å². The summed E-state index contributed by atoms with van der Waals surface area (Å²) in [5, 5.41) is 2.83. The third-order valence-corrected chi connectivity index (χ3v) is 2.43. The Bertz CT molecular complexity index is 335. The molecule has 74 valence electrons. The fourth-order valence-corrected chi connectivity index (χ4v) is 1.33. The van der Waals surface area contributed by atoms with E-state index in [-0.39, 0.29) is 11.9 Å². The van der Waals surface area contributed by atoms with Crippen LogP contribution in [0.3, 0.4) is 0 Å². The van der Waals surface area contributed by atoms with Crippen molar-refractivity contribution in [2.24, 2.45) is 0 Å². The summed E-state index contributed by atoms with van der Waals surface area (Å²) in [5.41, 5.74) is 0.570. The van der Waals surface area contributed by atoms with Gasteiger partial charge in [-0.3, -0.25) is 4.79 Å². The number of aromatic nitrogens is 1. The van der Waals surface area contributed by atoms with E-state index < -0.39 is 0 Å². The predicted octanol–water partition coefficient (Wildman–Crippen LogP) is 0.973. The molecule has 0 saturated carbocycles. The first-order valence-corrected chi connectivity index (χ1v) is 5.05. The fourth-order valence-electron chi connectivity index (χ4n) is 1.10. The van der Waals surface area contributed by atoms with Crippen molar-refractivity contribution >= 4 is 21.8 Å². The minimum absolute atomic E-state index is 0.0988. The minimum atomic E-state index is -0.0988. The van der Waals surface area contributed by atoms with Crippen LogP contribution in [0.15, 0.2) is 22.9 Å². The van der Waals surface area contributed by atoms with Crippen molar-refractivity contribution in [3.63, 3.8) is 0 Å². The van der Waals surface area contributed by atoms with Crippen LogP contribution in [0.1, 0.15) is 10.4 Å². The highest BCUT2D eigenvalue weighted by atomic mass is 79.9. The van der Waals surface area contributed by atoms with Gasteiger partial charge in [-0.05, 0) is 28.1 Å². The molecule has 4 nitrogen and oxygen atoms in total. The summed E-state index contributed by atoms with van der Waals surface area (Å²) in [7, 11) is 0. The Kier molecular flexibility index (Phi) is 2.79. The third kappa shape index (κ3) is 2.10. The molecule has 0 spiro atoms. The molecule has 2 rings (SSSR count). The van der Waals surface area contributed by atoms with Gasteiger partial charge in [-0.1, -0.05) is 0 Å². The van der Waals surface area contributed by atoms with Gasteiger partial charge in [0.1, 0.15) is 4.60 Å². The second kappa shape index (κ2) is 4.06. The topological polar surface area (TPSA) is 51.2 Å². The number of carbonyl (C=O) groups is 1. The molecule has 2 heterocycles. The molecule has 5 heteroatoms. The summed E-state index contributed by atoms with van der Waals surface area (Å²) in [6, 6.07) is 3.63. The molecule has 1 aliphatic heterocycles. The maximum absolute atomic E-state index is 11.5. The molecule has 14 heavy (non-hydrogen) atoms. The van der Waals surface area contributed by atoms with E-state index in [1.807, 2.05) is 0 Å². The fraction of sp³-hybridized carbons (Fsp3) is 0.333. The van der Waals surface area contributed by atoms with E-state index in [0.29, 0.717) is 18.8 Å². The van der Waals surface area contributed by atoms with Crippen molar-refractivity contribution in [1.82, 2.24) is 10.3 Å². The Labute approximate surface area is 89.8 Å². The molecular weight excluding hydrogens is 248 g/mol. The minimum Gasteiger partial charge on any atom is -0.377 e. The van der Waals surface area contributed by atoms with E-state index in [0.717, 1.165) is 4.60 Å². The second-order valence-corrected chi connectivity index (χ2v) is 3.89. The number of hydrogen-bond acceptors (Lipinski definition) is 3. The molecule has 1 aromatic rings. The largest absolute Gasteiger partial charge is 0.377 e. The zero-order valence-corrected chi connectivity index (χ0v) is 8.95. The number of halogens is 1. The van der Waals surface area contributed by atoms with Gasteiger partial charge in [0.05, 0.1) is 24.8 Å². The van der Waals surface area contributed by atoms with Gasteiger partial charge in [0, 0.05) is 6.20 Å². The van der Waals surface area contributed by atoms with Crippen molar-refractivity contribution in [2.45, 2.75) is 6.04 Å². The molecule has 1 fully saturated rings. The summed E-state index contributed by atoms with van der Waals surface area (Å²) >= 11 is 3.21. The molecule has 1 N–H and O–H groups in total. The van der Waals surface area contributed by atoms with Crippen molar-refractivity contribution < 1.29 is 9.53 Å². The van der Waals surface area contributed by atoms with Crippen LogP contribution in [0.5, 0.6) is 0 Å². The lowest BCUT2D eigenvalue weighted by Crippen LogP contribution is -2.48. The Morgan fingerprint density at radius 1 is 1.57 bits per heavy atom. The number of hydrogen-bond donors (Lipinski definition) is 1. The first kappa shape index (κ1) is 9.61. The Hall–Kier alpha value is -0.940. The average molecular weight is 257 g/mol. The first-order valence-electron chi connectivity index (χ1n) is 4.26. The van der Waals surface area contributed by atoms with Gasteiger partial charge in [-0.2, -0.15) is 0 Å². The lowest BCUT2D eigenvalue weighted by Gasteiger charge is -2.26. The molecule has 1 saturated heterocycles. The highest BCUT2D eigenvalue weighted by molar-refractivity contribution is 9.10. The van der Waals surface area contributed by atoms with Crippen LogP contribution in [0.25, 0.3) is 0 Å². The Morgan fingerprint density at radius 2 is 2.36 bits per heavy atom. The van der Waals surface area contributed by atoms with Crippen molar-refractivity contribution in [2.75, 3.05) is 13.2 Å². The summed E-state index contributed by atoms with van der Waals surface area (Å²) in [5.74, 6) is -0.0988. The van der Waals surface area contributed by atoms with E-state index >= 15 is 0 Å². The van der Waals surface area contributed by atoms with Crippen molar-refractivity contribution in [1.29, 1.82) is 0 Å². The lowest BCUT2D eigenvalue weighted by atomic mass is 10.2. The van der Waals surface area contributed by atoms with Crippen molar-refractivity contribution in [3.05, 3.63) is 28.5 Å². The Morgan fingerprint density at radius 3 is 2.86 bits per heavy atom. The van der Waals surface area contributed by atoms with Gasteiger partial charge in [0.2, 0.25) is 0 Å². The molecule has 0 unspecified atom stereocenters. The lowest BCUT2D eigenvalue weighted by molar-refractivity contribution is -0.00346. The van der Waals surface area contributed by atoms with Crippen LogP contribution in [0.2, 0.25) is 0 Å². The van der Waals surface area contributed by atoms with E-state index in [9.17, 15) is 4.79 Å². The van der Waals surface area contributed by atoms with E-state index in [4.69, 9.17) is 4.74 Å². The summed E-state index contributed by atoms with van der Waals surface area (Å²) < 4.78 is 5.68. The number of pyridine rings is 1. The van der Waals surface area contributed by atoms with Gasteiger partial charge in [0.15, 0.2) is 0 Å². The number of carbonyl (C=O) groups excluding carboxylic acids is 1. The van der Waals surface area contributed by atoms with Gasteiger partial charge in [-0.15, -0.1) is 0 Å². The number of amides is 1. The zero-order chi connectivity index (χ0) is 9.97. The number of nitrogens with one attached hydrogen (secondary N) is 1. The van der Waals surface area contributed by atoms with Gasteiger partial charge in [0.25, 0.3) is 5.91 Å². The molecular formula is C9H9BrN2O2. The smallest absolute Gasteiger partial charge is 0.253 e. The Balaban J connectivity index is 1.99. The zero-order valence-electron chi connectivity index (χ0n) is 7.37. The molecule has 0 aromatic carbocycles. The first-order chi connectivity index (χ1) is 6.75. The van der Waals surface area contributed by atoms with Crippen LogP contribution >= 0.6 is 15.9 Å². The normalized spacial score (nSPS) is 16.1. The average Bonchev–Trinajstić information content (AvgIpc) is 2.12. The summed E-state index contributed by atoms with van der Waals surface area (Å²) in [4.78, 5) is 15.5. The standard InChI is InChI=1S/C9H9BrN2O2/c10-8-2-1-6(3-11-8)9(13)12-7-4-14-5-7/h1-3,7H,4-5H2,(H,12,13). The summed E-state index contributed by atoms with van der Waals surface area (Å²) in [6.07, 6.45) is 1.54. The molecule has 1 aliphatic rings. The van der Waals surface area contributed by atoms with Crippen LogP contribution in [0.4, 0.5) is 0 Å². The SMILES string of the molecule is O=C(NC1COC1)c1ccc(Br)nc1. The highest BCUT2D eigenvalue weighted by Crippen LogP contribution is 2.07. The predicted molar refractivity (Wildman–Crippen MR) is 54.0 cm³/mol. The number of nitrogens with zero attached hydrogens (tertiary/aromatic N) is 1. The number of rotatable bonds is 2. The molecule has 0 bridgehead atoms. The van der Waals surface area contributed by atoms with Gasteiger partial charge in [-0.25, -0.2) is 4.98 Å². The molecule has 1 amide bonds. The number of ether oxygens (including phenoxy) is 1. The van der Waals surface area contributed by atoms with Crippen LogP contribution in [0, 0.1) is 0 Å². The third-order valence-electron chi connectivity index (χ3n) is 1.96. The maximum Gasteiger partial charge on any atom is 0.253 e. The monoisotopic (exact) mass is 256 g/mol. The maximum atomic E-state index is 11.5. The molecule has 0 atom stereocenters. The highest BCUT2D eigenvalue weighted by Gasteiger charge is 2.20. The molecule has 0 radical (unpaired) electrons. The molecule has 1 aromatic heterocycles. The quantitative estimate of drug-likeness (QED) is 0.803. The van der Waals surface area contributed by atoms with Crippen LogP contribution in [-0.2, 0) is 4.74 Å². The van der Waals surface area contributed by atoms with E-state index in [1.54, 1.807) is 18.3 Å².